The Balaban J connectivity index is 1.34. The molecule has 0 amide bonds. The minimum atomic E-state index is -1.72. The summed E-state index contributed by atoms with van der Waals surface area (Å²) in [6.45, 7) is 2.22. The number of phenolic OH excluding ortho intramolecular Hbond substituents is 1. The van der Waals surface area contributed by atoms with Crippen LogP contribution < -0.4 is 0 Å². The Kier molecular flexibility index (Phi) is 5.49. The van der Waals surface area contributed by atoms with Gasteiger partial charge in [-0.25, -0.2) is 4.79 Å². The summed E-state index contributed by atoms with van der Waals surface area (Å²) >= 11 is 0. The van der Waals surface area contributed by atoms with Crippen LogP contribution in [0.5, 0.6) is 5.75 Å². The second-order valence-corrected chi connectivity index (χ2v) is 10.3. The van der Waals surface area contributed by atoms with Crippen molar-refractivity contribution in [2.24, 2.45) is 17.3 Å². The number of carboxylic acid groups (broad SMARTS) is 1. The first-order valence-corrected chi connectivity index (χ1v) is 11.6. The molecule has 1 aromatic carbocycles. The SMILES string of the molecule is C[C@]12CC[C@@H]3c4ccc(O)cc4CC[C@H]3[C@@H]1CC[C@@H]2OC1OC(C(=O)O)C(O)C(O)C1O. The van der Waals surface area contributed by atoms with Gasteiger partial charge < -0.3 is 35.0 Å². The molecule has 0 aromatic heterocycles. The van der Waals surface area contributed by atoms with Crippen LogP contribution in [-0.4, -0.2) is 68.3 Å². The van der Waals surface area contributed by atoms with E-state index in [1.165, 1.54) is 11.1 Å². The van der Waals surface area contributed by atoms with Crippen molar-refractivity contribution >= 4 is 5.97 Å². The van der Waals surface area contributed by atoms with Gasteiger partial charge in [0.1, 0.15) is 24.1 Å². The first-order chi connectivity index (χ1) is 15.2. The number of fused-ring (bicyclic) bond motifs is 5. The molecule has 8 heteroatoms. The fourth-order valence-corrected chi connectivity index (χ4v) is 7.07. The van der Waals surface area contributed by atoms with Gasteiger partial charge in [0.2, 0.25) is 0 Å². The number of hydrogen-bond acceptors (Lipinski definition) is 7. The molecule has 3 fully saturated rings. The standard InChI is InChI=1S/C24H32O8/c1-24-9-8-14-13-5-3-12(25)10-11(13)2-4-15(14)16(24)6-7-17(24)31-23-20(28)18(26)19(27)21(32-23)22(29)30/h3,5,10,14-21,23,25-28H,2,4,6-9H2,1H3,(H,29,30)/t14-,15-,16+,17+,18?,19?,20?,21?,23?,24+/m1/s1. The summed E-state index contributed by atoms with van der Waals surface area (Å²) in [4.78, 5) is 11.4. The maximum atomic E-state index is 11.4. The Morgan fingerprint density at radius 3 is 2.62 bits per heavy atom. The average molecular weight is 449 g/mol. The van der Waals surface area contributed by atoms with Gasteiger partial charge in [-0.3, -0.25) is 0 Å². The fourth-order valence-electron chi connectivity index (χ4n) is 7.07. The lowest BCUT2D eigenvalue weighted by molar-refractivity contribution is -0.312. The largest absolute Gasteiger partial charge is 0.508 e. The minimum Gasteiger partial charge on any atom is -0.508 e. The van der Waals surface area contributed by atoms with E-state index in [0.717, 1.165) is 38.5 Å². The van der Waals surface area contributed by atoms with Crippen molar-refractivity contribution in [3.63, 3.8) is 0 Å². The molecular weight excluding hydrogens is 416 g/mol. The second-order valence-electron chi connectivity index (χ2n) is 10.3. The van der Waals surface area contributed by atoms with Crippen molar-refractivity contribution in [2.45, 2.75) is 88.2 Å². The van der Waals surface area contributed by atoms with Crippen LogP contribution in [0.4, 0.5) is 0 Å². The molecule has 2 saturated carbocycles. The van der Waals surface area contributed by atoms with E-state index in [0.29, 0.717) is 23.5 Å². The topological polar surface area (TPSA) is 137 Å². The summed E-state index contributed by atoms with van der Waals surface area (Å²) in [6.07, 6.45) is -2.38. The molecule has 1 heterocycles. The number of rotatable bonds is 3. The van der Waals surface area contributed by atoms with Gasteiger partial charge in [-0.2, -0.15) is 0 Å². The average Bonchev–Trinajstić information content (AvgIpc) is 3.09. The van der Waals surface area contributed by atoms with E-state index < -0.39 is 36.7 Å². The highest BCUT2D eigenvalue weighted by Crippen LogP contribution is 2.61. The van der Waals surface area contributed by atoms with Crippen LogP contribution in [0.1, 0.15) is 56.1 Å². The summed E-state index contributed by atoms with van der Waals surface area (Å²) in [5.74, 6) is 0.312. The molecular formula is C24H32O8. The number of ether oxygens (including phenoxy) is 2. The van der Waals surface area contributed by atoms with E-state index in [4.69, 9.17) is 9.47 Å². The van der Waals surface area contributed by atoms with Gasteiger partial charge in [-0.05, 0) is 85.0 Å². The lowest BCUT2D eigenvalue weighted by Gasteiger charge is -2.51. The Morgan fingerprint density at radius 1 is 1.09 bits per heavy atom. The second kappa shape index (κ2) is 7.95. The monoisotopic (exact) mass is 448 g/mol. The van der Waals surface area contributed by atoms with Gasteiger partial charge >= 0.3 is 5.97 Å². The fraction of sp³-hybridized carbons (Fsp3) is 0.708. The van der Waals surface area contributed by atoms with Crippen LogP contribution in [0, 0.1) is 17.3 Å². The quantitative estimate of drug-likeness (QED) is 0.470. The van der Waals surface area contributed by atoms with E-state index in [9.17, 15) is 30.3 Å². The normalized spacial score (nSPS) is 45.6. The summed E-state index contributed by atoms with van der Waals surface area (Å²) in [5, 5.41) is 49.6. The maximum Gasteiger partial charge on any atom is 0.335 e. The van der Waals surface area contributed by atoms with Crippen molar-refractivity contribution in [3.05, 3.63) is 29.3 Å². The molecule has 176 valence electrons. The molecule has 1 saturated heterocycles. The van der Waals surface area contributed by atoms with E-state index in [2.05, 4.69) is 13.0 Å². The van der Waals surface area contributed by atoms with Crippen molar-refractivity contribution < 1.29 is 39.8 Å². The van der Waals surface area contributed by atoms with Gasteiger partial charge in [0.25, 0.3) is 0 Å². The number of hydrogen-bond donors (Lipinski definition) is 5. The molecule has 5 unspecified atom stereocenters. The number of aromatic hydroxyl groups is 1. The highest BCUT2D eigenvalue weighted by Gasteiger charge is 2.57. The molecule has 1 aromatic rings. The number of benzene rings is 1. The number of aryl methyl sites for hydroxylation is 1. The molecule has 1 aliphatic heterocycles. The van der Waals surface area contributed by atoms with Crippen molar-refractivity contribution in [1.29, 1.82) is 0 Å². The van der Waals surface area contributed by atoms with E-state index >= 15 is 0 Å². The van der Waals surface area contributed by atoms with Gasteiger partial charge in [0.05, 0.1) is 6.10 Å². The summed E-state index contributed by atoms with van der Waals surface area (Å²) in [7, 11) is 0. The molecule has 5 rings (SSSR count). The summed E-state index contributed by atoms with van der Waals surface area (Å²) in [6, 6.07) is 5.73. The van der Waals surface area contributed by atoms with Crippen molar-refractivity contribution in [3.8, 4) is 5.75 Å². The number of aliphatic carboxylic acids is 1. The Bertz CT molecular complexity index is 889. The highest BCUT2D eigenvalue weighted by atomic mass is 16.7. The van der Waals surface area contributed by atoms with Gasteiger partial charge in [-0.15, -0.1) is 0 Å². The van der Waals surface area contributed by atoms with Crippen LogP contribution in [0.2, 0.25) is 0 Å². The first kappa shape index (κ1) is 22.1. The molecule has 0 spiro atoms. The van der Waals surface area contributed by atoms with Crippen LogP contribution in [0.15, 0.2) is 18.2 Å². The van der Waals surface area contributed by atoms with E-state index in [-0.39, 0.29) is 11.5 Å². The third-order valence-electron chi connectivity index (χ3n) is 8.73. The number of carboxylic acids is 1. The van der Waals surface area contributed by atoms with Crippen LogP contribution in [0.25, 0.3) is 0 Å². The highest BCUT2D eigenvalue weighted by molar-refractivity contribution is 5.73. The van der Waals surface area contributed by atoms with E-state index in [1.807, 2.05) is 6.07 Å². The summed E-state index contributed by atoms with van der Waals surface area (Å²) in [5.41, 5.74) is 2.45. The van der Waals surface area contributed by atoms with Gasteiger partial charge in [0.15, 0.2) is 12.4 Å². The van der Waals surface area contributed by atoms with Gasteiger partial charge in [-0.1, -0.05) is 13.0 Å². The molecule has 10 atom stereocenters. The van der Waals surface area contributed by atoms with Crippen LogP contribution in [-0.2, 0) is 20.7 Å². The Hall–Kier alpha value is -1.71. The molecule has 0 radical (unpaired) electrons. The molecule has 4 aliphatic rings. The zero-order valence-corrected chi connectivity index (χ0v) is 18.1. The predicted molar refractivity (Wildman–Crippen MR) is 112 cm³/mol. The minimum absolute atomic E-state index is 0.140. The third kappa shape index (κ3) is 3.35. The van der Waals surface area contributed by atoms with Gasteiger partial charge in [0, 0.05) is 0 Å². The van der Waals surface area contributed by atoms with Crippen molar-refractivity contribution in [2.75, 3.05) is 0 Å². The third-order valence-corrected chi connectivity index (χ3v) is 8.73. The number of aliphatic hydroxyl groups is 3. The maximum absolute atomic E-state index is 11.4. The molecule has 32 heavy (non-hydrogen) atoms. The molecule has 5 N–H and O–H groups in total. The van der Waals surface area contributed by atoms with E-state index in [1.54, 1.807) is 6.07 Å². The Morgan fingerprint density at radius 2 is 1.88 bits per heavy atom. The Labute approximate surface area is 186 Å². The predicted octanol–water partition coefficient (Wildman–Crippen LogP) is 1.53. The van der Waals surface area contributed by atoms with Crippen molar-refractivity contribution in [1.82, 2.24) is 0 Å². The first-order valence-electron chi connectivity index (χ1n) is 11.6. The molecule has 8 nitrogen and oxygen atoms in total. The van der Waals surface area contributed by atoms with Crippen LogP contribution in [0.3, 0.4) is 0 Å². The summed E-state index contributed by atoms with van der Waals surface area (Å²) < 4.78 is 11.5. The lowest BCUT2D eigenvalue weighted by atomic mass is 9.55. The number of aliphatic hydroxyl groups excluding tert-OH is 3. The lowest BCUT2D eigenvalue weighted by Crippen LogP contribution is -2.61. The van der Waals surface area contributed by atoms with Crippen LogP contribution >= 0.6 is 0 Å². The number of carbonyl (C=O) groups is 1. The zero-order chi connectivity index (χ0) is 22.8. The number of phenols is 1. The molecule has 0 bridgehead atoms. The smallest absolute Gasteiger partial charge is 0.335 e. The zero-order valence-electron chi connectivity index (χ0n) is 18.1. The molecule has 3 aliphatic carbocycles.